The standard InChI is InChI=1S/C17H19NO5/c1-20-13-8-6-5-7-12(13)17(19)18-11-9-14(21-2)16(23-4)15(10-11)22-3/h5-10H,1-4H3,(H,18,19). The summed E-state index contributed by atoms with van der Waals surface area (Å²) in [5.74, 6) is 1.59. The first-order chi connectivity index (χ1) is 11.1. The molecule has 0 fully saturated rings. The Kier molecular flexibility index (Phi) is 5.30. The van der Waals surface area contributed by atoms with Gasteiger partial charge in [0.2, 0.25) is 5.75 Å². The minimum Gasteiger partial charge on any atom is -0.496 e. The van der Waals surface area contributed by atoms with Gasteiger partial charge in [-0.25, -0.2) is 0 Å². The van der Waals surface area contributed by atoms with Gasteiger partial charge in [0.1, 0.15) is 5.75 Å². The molecule has 1 N–H and O–H groups in total. The summed E-state index contributed by atoms with van der Waals surface area (Å²) in [5, 5.41) is 2.80. The number of hydrogen-bond acceptors (Lipinski definition) is 5. The van der Waals surface area contributed by atoms with Gasteiger partial charge in [0.15, 0.2) is 11.5 Å². The van der Waals surface area contributed by atoms with Gasteiger partial charge in [0, 0.05) is 17.8 Å². The van der Waals surface area contributed by atoms with Crippen LogP contribution in [0.3, 0.4) is 0 Å². The number of hydrogen-bond donors (Lipinski definition) is 1. The first-order valence-electron chi connectivity index (χ1n) is 6.89. The van der Waals surface area contributed by atoms with Gasteiger partial charge in [0.05, 0.1) is 34.0 Å². The van der Waals surface area contributed by atoms with Crippen molar-refractivity contribution in [3.63, 3.8) is 0 Å². The van der Waals surface area contributed by atoms with Crippen LogP contribution in [0.15, 0.2) is 36.4 Å². The predicted molar refractivity (Wildman–Crippen MR) is 87.0 cm³/mol. The third-order valence-corrected chi connectivity index (χ3v) is 3.27. The summed E-state index contributed by atoms with van der Waals surface area (Å²) in [6, 6.07) is 10.3. The van der Waals surface area contributed by atoms with E-state index in [1.807, 2.05) is 0 Å². The Bertz CT molecular complexity index is 674. The Morgan fingerprint density at radius 1 is 0.826 bits per heavy atom. The zero-order valence-electron chi connectivity index (χ0n) is 13.5. The molecule has 0 atom stereocenters. The quantitative estimate of drug-likeness (QED) is 0.887. The molecule has 2 aromatic carbocycles. The summed E-state index contributed by atoms with van der Waals surface area (Å²) in [7, 11) is 6.07. The third-order valence-electron chi connectivity index (χ3n) is 3.27. The molecule has 6 heteroatoms. The van der Waals surface area contributed by atoms with Crippen molar-refractivity contribution in [3.05, 3.63) is 42.0 Å². The monoisotopic (exact) mass is 317 g/mol. The molecule has 0 saturated heterocycles. The number of rotatable bonds is 6. The van der Waals surface area contributed by atoms with Gasteiger partial charge in [0.25, 0.3) is 5.91 Å². The number of nitrogens with one attached hydrogen (secondary N) is 1. The highest BCUT2D eigenvalue weighted by Crippen LogP contribution is 2.40. The second kappa shape index (κ2) is 7.40. The van der Waals surface area contributed by atoms with E-state index in [-0.39, 0.29) is 5.91 Å². The highest BCUT2D eigenvalue weighted by Gasteiger charge is 2.16. The number of amides is 1. The van der Waals surface area contributed by atoms with E-state index in [9.17, 15) is 4.79 Å². The van der Waals surface area contributed by atoms with Crippen LogP contribution in [0.25, 0.3) is 0 Å². The van der Waals surface area contributed by atoms with E-state index in [4.69, 9.17) is 18.9 Å². The van der Waals surface area contributed by atoms with Gasteiger partial charge >= 0.3 is 0 Å². The van der Waals surface area contributed by atoms with E-state index < -0.39 is 0 Å². The Morgan fingerprint density at radius 2 is 1.39 bits per heavy atom. The smallest absolute Gasteiger partial charge is 0.259 e. The van der Waals surface area contributed by atoms with Crippen molar-refractivity contribution in [1.82, 2.24) is 0 Å². The van der Waals surface area contributed by atoms with Crippen LogP contribution in [0, 0.1) is 0 Å². The number of carbonyl (C=O) groups excluding carboxylic acids is 1. The summed E-state index contributed by atoms with van der Waals surface area (Å²) in [6.45, 7) is 0. The predicted octanol–water partition coefficient (Wildman–Crippen LogP) is 2.97. The normalized spacial score (nSPS) is 9.91. The Balaban J connectivity index is 2.34. The summed E-state index contributed by atoms with van der Waals surface area (Å²) in [5.41, 5.74) is 0.958. The lowest BCUT2D eigenvalue weighted by Crippen LogP contribution is -2.13. The number of benzene rings is 2. The summed E-state index contributed by atoms with van der Waals surface area (Å²) in [6.07, 6.45) is 0. The van der Waals surface area contributed by atoms with Crippen LogP contribution >= 0.6 is 0 Å². The number of carbonyl (C=O) groups is 1. The molecule has 0 bridgehead atoms. The first kappa shape index (κ1) is 16.5. The van der Waals surface area contributed by atoms with Crippen LogP contribution in [0.1, 0.15) is 10.4 Å². The molecular weight excluding hydrogens is 298 g/mol. The van der Waals surface area contributed by atoms with Crippen molar-refractivity contribution in [2.45, 2.75) is 0 Å². The van der Waals surface area contributed by atoms with Crippen molar-refractivity contribution >= 4 is 11.6 Å². The highest BCUT2D eigenvalue weighted by molar-refractivity contribution is 6.06. The maximum Gasteiger partial charge on any atom is 0.259 e. The topological polar surface area (TPSA) is 66.0 Å². The maximum absolute atomic E-state index is 12.4. The minimum absolute atomic E-state index is 0.295. The van der Waals surface area contributed by atoms with E-state index in [1.165, 1.54) is 28.4 Å². The fourth-order valence-electron chi connectivity index (χ4n) is 2.18. The Morgan fingerprint density at radius 3 is 1.91 bits per heavy atom. The van der Waals surface area contributed by atoms with Crippen molar-refractivity contribution in [3.8, 4) is 23.0 Å². The largest absolute Gasteiger partial charge is 0.496 e. The van der Waals surface area contributed by atoms with Gasteiger partial charge in [-0.05, 0) is 12.1 Å². The van der Waals surface area contributed by atoms with Crippen LogP contribution < -0.4 is 24.3 Å². The van der Waals surface area contributed by atoms with Gasteiger partial charge in [-0.2, -0.15) is 0 Å². The van der Waals surface area contributed by atoms with Crippen LogP contribution in [-0.4, -0.2) is 34.3 Å². The second-order valence-electron chi connectivity index (χ2n) is 4.57. The van der Waals surface area contributed by atoms with E-state index >= 15 is 0 Å². The molecule has 0 aliphatic heterocycles. The van der Waals surface area contributed by atoms with Crippen LogP contribution in [0.4, 0.5) is 5.69 Å². The molecular formula is C17H19NO5. The molecule has 2 aromatic rings. The molecule has 1 amide bonds. The lowest BCUT2D eigenvalue weighted by Gasteiger charge is -2.15. The van der Waals surface area contributed by atoms with Crippen LogP contribution in [0.2, 0.25) is 0 Å². The fraction of sp³-hybridized carbons (Fsp3) is 0.235. The Labute approximate surface area is 134 Å². The van der Waals surface area contributed by atoms with E-state index in [0.717, 1.165) is 0 Å². The zero-order chi connectivity index (χ0) is 16.8. The van der Waals surface area contributed by atoms with Gasteiger partial charge in [-0.1, -0.05) is 12.1 Å². The molecule has 0 unspecified atom stereocenters. The molecule has 6 nitrogen and oxygen atoms in total. The lowest BCUT2D eigenvalue weighted by molar-refractivity contribution is 0.102. The van der Waals surface area contributed by atoms with Crippen molar-refractivity contribution in [1.29, 1.82) is 0 Å². The van der Waals surface area contributed by atoms with E-state index in [2.05, 4.69) is 5.32 Å². The van der Waals surface area contributed by atoms with E-state index in [0.29, 0.717) is 34.2 Å². The second-order valence-corrected chi connectivity index (χ2v) is 4.57. The first-order valence-corrected chi connectivity index (χ1v) is 6.89. The average molecular weight is 317 g/mol. The minimum atomic E-state index is -0.295. The van der Waals surface area contributed by atoms with Crippen LogP contribution in [-0.2, 0) is 0 Å². The third kappa shape index (κ3) is 3.48. The molecule has 0 aromatic heterocycles. The molecule has 0 aliphatic carbocycles. The van der Waals surface area contributed by atoms with Crippen LogP contribution in [0.5, 0.6) is 23.0 Å². The average Bonchev–Trinajstić information content (AvgIpc) is 2.60. The molecule has 0 heterocycles. The van der Waals surface area contributed by atoms with Gasteiger partial charge in [-0.15, -0.1) is 0 Å². The van der Waals surface area contributed by atoms with Gasteiger partial charge < -0.3 is 24.3 Å². The zero-order valence-corrected chi connectivity index (χ0v) is 13.5. The molecule has 23 heavy (non-hydrogen) atoms. The van der Waals surface area contributed by atoms with Gasteiger partial charge in [-0.3, -0.25) is 4.79 Å². The fourth-order valence-corrected chi connectivity index (χ4v) is 2.18. The molecule has 0 aliphatic rings. The molecule has 0 spiro atoms. The maximum atomic E-state index is 12.4. The number of para-hydroxylation sites is 1. The highest BCUT2D eigenvalue weighted by atomic mass is 16.5. The van der Waals surface area contributed by atoms with E-state index in [1.54, 1.807) is 36.4 Å². The summed E-state index contributed by atoms with van der Waals surface area (Å²) >= 11 is 0. The summed E-state index contributed by atoms with van der Waals surface area (Å²) < 4.78 is 21.0. The number of ether oxygens (including phenoxy) is 4. The van der Waals surface area contributed by atoms with Crippen molar-refractivity contribution in [2.24, 2.45) is 0 Å². The van der Waals surface area contributed by atoms with Crippen molar-refractivity contribution in [2.75, 3.05) is 33.8 Å². The molecule has 0 saturated carbocycles. The number of methoxy groups -OCH3 is 4. The molecule has 0 radical (unpaired) electrons. The number of anilines is 1. The summed E-state index contributed by atoms with van der Waals surface area (Å²) in [4.78, 5) is 12.4. The van der Waals surface area contributed by atoms with Crippen molar-refractivity contribution < 1.29 is 23.7 Å². The Hall–Kier alpha value is -2.89. The molecule has 2 rings (SSSR count). The molecule has 122 valence electrons. The SMILES string of the molecule is COc1ccccc1C(=O)Nc1cc(OC)c(OC)c(OC)c1. The lowest BCUT2D eigenvalue weighted by atomic mass is 10.1.